The van der Waals surface area contributed by atoms with Crippen molar-refractivity contribution in [3.05, 3.63) is 33.3 Å². The number of likely N-dealkylation sites (N-methyl/N-ethyl adjacent to an activating group) is 1. The quantitative estimate of drug-likeness (QED) is 0.868. The van der Waals surface area contributed by atoms with Crippen molar-refractivity contribution >= 4 is 27.5 Å². The fourth-order valence-corrected chi connectivity index (χ4v) is 2.44. The summed E-state index contributed by atoms with van der Waals surface area (Å²) in [6, 6.07) is 6.39. The van der Waals surface area contributed by atoms with Crippen LogP contribution in [0.5, 0.6) is 0 Å². The van der Waals surface area contributed by atoms with Crippen LogP contribution in [0.1, 0.15) is 18.5 Å². The van der Waals surface area contributed by atoms with Crippen molar-refractivity contribution in [2.75, 3.05) is 27.3 Å². The molecule has 1 rings (SSSR count). The lowest BCUT2D eigenvalue weighted by Gasteiger charge is -2.32. The minimum Gasteiger partial charge on any atom is -0.383 e. The first kappa shape index (κ1) is 15.9. The Hall–Kier alpha value is -0.130. The zero-order valence-electron chi connectivity index (χ0n) is 11.0. The second kappa shape index (κ2) is 7.46. The maximum absolute atomic E-state index is 6.01. The largest absolute Gasteiger partial charge is 0.383 e. The molecule has 18 heavy (non-hydrogen) atoms. The van der Waals surface area contributed by atoms with E-state index in [1.54, 1.807) is 7.11 Å². The standard InChI is InChI=1S/C13H20BrClN2O/c1-9(8-18-3)17(2)13(7-16)10-4-5-12(15)11(14)6-10/h4-6,9,13H,7-8,16H2,1-3H3. The molecule has 2 unspecified atom stereocenters. The van der Waals surface area contributed by atoms with Gasteiger partial charge in [0.05, 0.1) is 11.6 Å². The van der Waals surface area contributed by atoms with Gasteiger partial charge in [0.25, 0.3) is 0 Å². The number of benzene rings is 1. The number of hydrogen-bond donors (Lipinski definition) is 1. The molecule has 0 spiro atoms. The van der Waals surface area contributed by atoms with Gasteiger partial charge in [0.15, 0.2) is 0 Å². The van der Waals surface area contributed by atoms with Crippen LogP contribution in [-0.4, -0.2) is 38.3 Å². The first-order chi connectivity index (χ1) is 8.51. The van der Waals surface area contributed by atoms with Gasteiger partial charge in [0, 0.05) is 30.2 Å². The Morgan fingerprint density at radius 1 is 1.50 bits per heavy atom. The molecule has 1 aromatic carbocycles. The Bertz CT molecular complexity index is 389. The monoisotopic (exact) mass is 334 g/mol. The third kappa shape index (κ3) is 3.93. The van der Waals surface area contributed by atoms with Crippen LogP contribution < -0.4 is 5.73 Å². The van der Waals surface area contributed by atoms with Crippen molar-refractivity contribution in [3.8, 4) is 0 Å². The molecule has 3 nitrogen and oxygen atoms in total. The molecule has 0 bridgehead atoms. The molecule has 2 atom stereocenters. The molecule has 102 valence electrons. The van der Waals surface area contributed by atoms with Crippen molar-refractivity contribution in [3.63, 3.8) is 0 Å². The van der Waals surface area contributed by atoms with E-state index in [-0.39, 0.29) is 6.04 Å². The highest BCUT2D eigenvalue weighted by molar-refractivity contribution is 9.10. The summed E-state index contributed by atoms with van der Waals surface area (Å²) in [5, 5.41) is 0.710. The second-order valence-corrected chi connectivity index (χ2v) is 5.66. The van der Waals surface area contributed by atoms with Crippen LogP contribution in [0.15, 0.2) is 22.7 Å². The average molecular weight is 336 g/mol. The fraction of sp³-hybridized carbons (Fsp3) is 0.538. The van der Waals surface area contributed by atoms with Crippen molar-refractivity contribution in [2.45, 2.75) is 19.0 Å². The van der Waals surface area contributed by atoms with Crippen molar-refractivity contribution < 1.29 is 4.74 Å². The lowest BCUT2D eigenvalue weighted by Crippen LogP contribution is -2.39. The Morgan fingerprint density at radius 3 is 2.67 bits per heavy atom. The van der Waals surface area contributed by atoms with E-state index < -0.39 is 0 Å². The molecule has 0 amide bonds. The zero-order chi connectivity index (χ0) is 13.7. The highest BCUT2D eigenvalue weighted by Gasteiger charge is 2.20. The Labute approximate surface area is 122 Å². The van der Waals surface area contributed by atoms with E-state index in [1.807, 2.05) is 18.2 Å². The second-order valence-electron chi connectivity index (χ2n) is 4.39. The maximum Gasteiger partial charge on any atom is 0.0615 e. The normalized spacial score (nSPS) is 14.8. The summed E-state index contributed by atoms with van der Waals surface area (Å²) < 4.78 is 6.08. The summed E-state index contributed by atoms with van der Waals surface area (Å²) in [5.41, 5.74) is 7.05. The molecule has 0 aliphatic heterocycles. The summed E-state index contributed by atoms with van der Waals surface area (Å²) in [5.74, 6) is 0. The van der Waals surface area contributed by atoms with E-state index in [0.29, 0.717) is 24.2 Å². The predicted molar refractivity (Wildman–Crippen MR) is 80.0 cm³/mol. The molecule has 0 radical (unpaired) electrons. The topological polar surface area (TPSA) is 38.5 Å². The molecule has 2 N–H and O–H groups in total. The maximum atomic E-state index is 6.01. The van der Waals surface area contributed by atoms with E-state index >= 15 is 0 Å². The van der Waals surface area contributed by atoms with Gasteiger partial charge in [-0.1, -0.05) is 17.7 Å². The number of rotatable bonds is 6. The van der Waals surface area contributed by atoms with Gasteiger partial charge in [-0.2, -0.15) is 0 Å². The highest BCUT2D eigenvalue weighted by atomic mass is 79.9. The van der Waals surface area contributed by atoms with Crippen LogP contribution in [0, 0.1) is 0 Å². The first-order valence-electron chi connectivity index (χ1n) is 5.87. The van der Waals surface area contributed by atoms with Crippen LogP contribution in [0.4, 0.5) is 0 Å². The Kier molecular flexibility index (Phi) is 6.60. The number of halogens is 2. The molecule has 5 heteroatoms. The predicted octanol–water partition coefficient (Wildman–Crippen LogP) is 3.07. The smallest absolute Gasteiger partial charge is 0.0615 e. The van der Waals surface area contributed by atoms with Gasteiger partial charge in [-0.15, -0.1) is 0 Å². The molecule has 1 aromatic rings. The van der Waals surface area contributed by atoms with Gasteiger partial charge in [-0.25, -0.2) is 0 Å². The average Bonchev–Trinajstić information content (AvgIpc) is 2.34. The summed E-state index contributed by atoms with van der Waals surface area (Å²) in [4.78, 5) is 2.22. The van der Waals surface area contributed by atoms with E-state index in [0.717, 1.165) is 10.0 Å². The lowest BCUT2D eigenvalue weighted by molar-refractivity contribution is 0.0910. The Morgan fingerprint density at radius 2 is 2.17 bits per heavy atom. The van der Waals surface area contributed by atoms with Crippen molar-refractivity contribution in [1.82, 2.24) is 4.90 Å². The van der Waals surface area contributed by atoms with Crippen molar-refractivity contribution in [1.29, 1.82) is 0 Å². The summed E-state index contributed by atoms with van der Waals surface area (Å²) in [7, 11) is 3.77. The summed E-state index contributed by atoms with van der Waals surface area (Å²) in [6.45, 7) is 3.36. The van der Waals surface area contributed by atoms with Gasteiger partial charge in [0.2, 0.25) is 0 Å². The number of nitrogens with two attached hydrogens (primary N) is 1. The zero-order valence-corrected chi connectivity index (χ0v) is 13.3. The first-order valence-corrected chi connectivity index (χ1v) is 7.04. The summed E-state index contributed by atoms with van der Waals surface area (Å²) >= 11 is 9.45. The third-order valence-electron chi connectivity index (χ3n) is 3.15. The number of hydrogen-bond acceptors (Lipinski definition) is 3. The minimum atomic E-state index is 0.156. The van der Waals surface area contributed by atoms with Crippen LogP contribution in [0.25, 0.3) is 0 Å². The van der Waals surface area contributed by atoms with E-state index in [9.17, 15) is 0 Å². The molecule has 0 aliphatic carbocycles. The number of methoxy groups -OCH3 is 1. The third-order valence-corrected chi connectivity index (χ3v) is 4.36. The lowest BCUT2D eigenvalue weighted by atomic mass is 10.0. The van der Waals surface area contributed by atoms with Crippen molar-refractivity contribution in [2.24, 2.45) is 5.73 Å². The van der Waals surface area contributed by atoms with Gasteiger partial charge in [0.1, 0.15) is 0 Å². The SMILES string of the molecule is COCC(C)N(C)C(CN)c1ccc(Cl)c(Br)c1. The van der Waals surface area contributed by atoms with Crippen LogP contribution in [0.2, 0.25) is 5.02 Å². The van der Waals surface area contributed by atoms with Gasteiger partial charge in [-0.05, 0) is 47.6 Å². The molecule has 0 fully saturated rings. The van der Waals surface area contributed by atoms with E-state index in [1.165, 1.54) is 0 Å². The number of nitrogens with zero attached hydrogens (tertiary/aromatic N) is 1. The van der Waals surface area contributed by atoms with Crippen LogP contribution in [0.3, 0.4) is 0 Å². The molecule has 0 saturated heterocycles. The molecule has 0 aliphatic rings. The molecule has 0 aromatic heterocycles. The molecular weight excluding hydrogens is 316 g/mol. The van der Waals surface area contributed by atoms with Crippen LogP contribution in [-0.2, 0) is 4.74 Å². The molecule has 0 heterocycles. The van der Waals surface area contributed by atoms with E-state index in [2.05, 4.69) is 34.8 Å². The van der Waals surface area contributed by atoms with Crippen LogP contribution >= 0.6 is 27.5 Å². The Balaban J connectivity index is 2.91. The highest BCUT2D eigenvalue weighted by Crippen LogP contribution is 2.28. The summed E-state index contributed by atoms with van der Waals surface area (Å²) in [6.07, 6.45) is 0. The van der Waals surface area contributed by atoms with Gasteiger partial charge < -0.3 is 10.5 Å². The van der Waals surface area contributed by atoms with Gasteiger partial charge >= 0.3 is 0 Å². The minimum absolute atomic E-state index is 0.156. The molecular formula is C13H20BrClN2O. The van der Waals surface area contributed by atoms with Gasteiger partial charge in [-0.3, -0.25) is 4.90 Å². The fourth-order valence-electron chi connectivity index (χ4n) is 1.92. The number of ether oxygens (including phenoxy) is 1. The van der Waals surface area contributed by atoms with E-state index in [4.69, 9.17) is 22.1 Å². The molecule has 0 saturated carbocycles.